The van der Waals surface area contributed by atoms with Crippen molar-refractivity contribution in [3.8, 4) is 0 Å². The van der Waals surface area contributed by atoms with Crippen molar-refractivity contribution >= 4 is 23.9 Å². The summed E-state index contributed by atoms with van der Waals surface area (Å²) in [6.07, 6.45) is 0. The molecule has 9 nitrogen and oxygen atoms in total. The van der Waals surface area contributed by atoms with E-state index < -0.39 is 47.5 Å². The fourth-order valence-corrected chi connectivity index (χ4v) is 4.67. The molecule has 1 unspecified atom stereocenters. The van der Waals surface area contributed by atoms with Crippen molar-refractivity contribution in [3.05, 3.63) is 58.2 Å². The molecule has 1 saturated heterocycles. The molecule has 0 N–H and O–H groups in total. The van der Waals surface area contributed by atoms with Crippen LogP contribution in [0.4, 0.5) is 0 Å². The number of pyridine rings is 2. The second kappa shape index (κ2) is 5.94. The average molecular weight is 394 g/mol. The van der Waals surface area contributed by atoms with E-state index >= 15 is 0 Å². The Bertz CT molecular complexity index is 1060. The van der Waals surface area contributed by atoms with E-state index in [1.165, 1.54) is 26.4 Å². The van der Waals surface area contributed by atoms with Crippen molar-refractivity contribution in [2.75, 3.05) is 14.2 Å². The minimum Gasteiger partial charge on any atom is -0.464 e. The van der Waals surface area contributed by atoms with E-state index in [1.807, 2.05) is 0 Å². The minimum atomic E-state index is -0.812. The molecule has 6 rings (SSSR count). The number of aromatic nitrogens is 2. The van der Waals surface area contributed by atoms with Gasteiger partial charge in [0.15, 0.2) is 0 Å². The summed E-state index contributed by atoms with van der Waals surface area (Å²) in [5.74, 6) is -5.20. The third-order valence-electron chi connectivity index (χ3n) is 5.81. The normalized spacial score (nSPS) is 25.6. The first-order chi connectivity index (χ1) is 14.0. The number of hydrogen-bond acceptors (Lipinski definition) is 9. The minimum absolute atomic E-state index is 0.0821. The first-order valence-corrected chi connectivity index (χ1v) is 8.90. The summed E-state index contributed by atoms with van der Waals surface area (Å²) in [7, 11) is 2.50. The van der Waals surface area contributed by atoms with Crippen LogP contribution in [0.25, 0.3) is 0 Å². The highest BCUT2D eigenvalue weighted by atomic mass is 16.6. The predicted octanol–water partition coefficient (Wildman–Crippen LogP) is 0.956. The summed E-state index contributed by atoms with van der Waals surface area (Å²) in [6, 6.07) is 6.49. The topological polar surface area (TPSA) is 122 Å². The van der Waals surface area contributed by atoms with E-state index in [-0.39, 0.29) is 11.4 Å². The number of esters is 4. The lowest BCUT2D eigenvalue weighted by Crippen LogP contribution is -2.43. The van der Waals surface area contributed by atoms with Crippen molar-refractivity contribution in [2.24, 2.45) is 11.8 Å². The van der Waals surface area contributed by atoms with Gasteiger partial charge in [-0.05, 0) is 23.3 Å². The lowest BCUT2D eigenvalue weighted by Gasteiger charge is -2.43. The van der Waals surface area contributed by atoms with Crippen molar-refractivity contribution < 1.29 is 33.4 Å². The van der Waals surface area contributed by atoms with E-state index in [9.17, 15) is 19.2 Å². The Labute approximate surface area is 164 Å². The Morgan fingerprint density at radius 3 is 1.69 bits per heavy atom. The number of rotatable bonds is 2. The zero-order chi connectivity index (χ0) is 20.4. The molecule has 29 heavy (non-hydrogen) atoms. The highest BCUT2D eigenvalue weighted by Crippen LogP contribution is 2.59. The van der Waals surface area contributed by atoms with Crippen LogP contribution in [0, 0.1) is 11.8 Å². The lowest BCUT2D eigenvalue weighted by atomic mass is 9.57. The van der Waals surface area contributed by atoms with E-state index in [2.05, 4.69) is 9.97 Å². The molecule has 0 radical (unpaired) electrons. The van der Waals surface area contributed by atoms with Crippen molar-refractivity contribution in [2.45, 2.75) is 11.8 Å². The van der Waals surface area contributed by atoms with Crippen LogP contribution >= 0.6 is 0 Å². The molecular formula is C20H14N2O7. The van der Waals surface area contributed by atoms with Crippen molar-refractivity contribution in [1.29, 1.82) is 0 Å². The molecule has 0 aromatic carbocycles. The van der Waals surface area contributed by atoms with Crippen LogP contribution in [0.3, 0.4) is 0 Å². The molecule has 2 bridgehead atoms. The Morgan fingerprint density at radius 2 is 1.24 bits per heavy atom. The van der Waals surface area contributed by atoms with Gasteiger partial charge in [0.1, 0.15) is 11.4 Å². The number of nitrogens with zero attached hydrogens (tertiary/aromatic N) is 2. The molecule has 2 aromatic rings. The molecule has 4 aliphatic rings. The second-order valence-electron chi connectivity index (χ2n) is 7.07. The molecule has 9 heteroatoms. The Balaban J connectivity index is 1.76. The first kappa shape index (κ1) is 17.5. The third-order valence-corrected chi connectivity index (χ3v) is 5.81. The van der Waals surface area contributed by atoms with E-state index in [0.717, 1.165) is 11.1 Å². The Morgan fingerprint density at radius 1 is 0.793 bits per heavy atom. The van der Waals surface area contributed by atoms with E-state index in [4.69, 9.17) is 14.2 Å². The summed E-state index contributed by atoms with van der Waals surface area (Å²) < 4.78 is 14.4. The molecule has 2 atom stereocenters. The van der Waals surface area contributed by atoms with Crippen LogP contribution in [0.5, 0.6) is 0 Å². The summed E-state index contributed by atoms with van der Waals surface area (Å²) in [4.78, 5) is 57.7. The highest BCUT2D eigenvalue weighted by Gasteiger charge is 2.62. The van der Waals surface area contributed by atoms with Crippen LogP contribution in [-0.4, -0.2) is 48.1 Å². The molecule has 0 amide bonds. The molecule has 3 aliphatic carbocycles. The maximum Gasteiger partial charge on any atom is 0.356 e. The molecule has 0 spiro atoms. The van der Waals surface area contributed by atoms with Gasteiger partial charge < -0.3 is 14.2 Å². The average Bonchev–Trinajstić information content (AvgIpc) is 3.06. The maximum atomic E-state index is 12.5. The monoisotopic (exact) mass is 394 g/mol. The summed E-state index contributed by atoms with van der Waals surface area (Å²) in [5, 5.41) is 0. The van der Waals surface area contributed by atoms with Gasteiger partial charge in [0.05, 0.1) is 43.4 Å². The van der Waals surface area contributed by atoms with Gasteiger partial charge >= 0.3 is 23.9 Å². The SMILES string of the molecule is COC(=O)c1ccc2c(n1)C1c3nc(C(=O)OC)ccc3C2C2C(=O)OC(=O)[C@H]12. The Kier molecular flexibility index (Phi) is 3.58. The molecule has 146 valence electrons. The summed E-state index contributed by atoms with van der Waals surface area (Å²) in [5.41, 5.74) is 2.56. The smallest absolute Gasteiger partial charge is 0.356 e. The van der Waals surface area contributed by atoms with Crippen LogP contribution in [-0.2, 0) is 23.8 Å². The van der Waals surface area contributed by atoms with E-state index in [1.54, 1.807) is 12.1 Å². The number of ether oxygens (including phenoxy) is 3. The van der Waals surface area contributed by atoms with E-state index in [0.29, 0.717) is 11.4 Å². The molecule has 1 aliphatic heterocycles. The van der Waals surface area contributed by atoms with Gasteiger partial charge in [0, 0.05) is 5.92 Å². The van der Waals surface area contributed by atoms with Gasteiger partial charge in [-0.2, -0.15) is 0 Å². The zero-order valence-electron chi connectivity index (χ0n) is 15.4. The fourth-order valence-electron chi connectivity index (χ4n) is 4.67. The summed E-state index contributed by atoms with van der Waals surface area (Å²) in [6.45, 7) is 0. The molecule has 3 heterocycles. The molecular weight excluding hydrogens is 380 g/mol. The van der Waals surface area contributed by atoms with Gasteiger partial charge in [-0.15, -0.1) is 0 Å². The van der Waals surface area contributed by atoms with Gasteiger partial charge in [-0.1, -0.05) is 12.1 Å². The van der Waals surface area contributed by atoms with Gasteiger partial charge in [-0.3, -0.25) is 9.59 Å². The Hall–Kier alpha value is -3.62. The lowest BCUT2D eigenvalue weighted by molar-refractivity contribution is -0.153. The maximum absolute atomic E-state index is 12.5. The van der Waals surface area contributed by atoms with Crippen molar-refractivity contribution in [1.82, 2.24) is 9.97 Å². The van der Waals surface area contributed by atoms with Gasteiger partial charge in [-0.25, -0.2) is 19.6 Å². The van der Waals surface area contributed by atoms with Crippen LogP contribution in [0.2, 0.25) is 0 Å². The van der Waals surface area contributed by atoms with Crippen LogP contribution in [0.1, 0.15) is 55.3 Å². The quantitative estimate of drug-likeness (QED) is 0.416. The largest absolute Gasteiger partial charge is 0.464 e. The highest BCUT2D eigenvalue weighted by molar-refractivity contribution is 6.00. The zero-order valence-corrected chi connectivity index (χ0v) is 15.4. The molecule has 2 aromatic heterocycles. The first-order valence-electron chi connectivity index (χ1n) is 8.90. The second-order valence-corrected chi connectivity index (χ2v) is 7.07. The number of hydrogen-bond donors (Lipinski definition) is 0. The van der Waals surface area contributed by atoms with Crippen LogP contribution in [0.15, 0.2) is 24.3 Å². The molecule has 0 saturated carbocycles. The predicted molar refractivity (Wildman–Crippen MR) is 92.9 cm³/mol. The number of carbonyl (C=O) groups is 4. The standard InChI is InChI=1S/C20H14N2O7/c1-27-17(23)9-5-3-7-11-8-4-6-10(18(24)28-2)22-16(8)14(15(7)21-9)13-12(11)19(25)29-20(13)26/h3-6,11-14H,1-2H3/t11?,12?,13-,14?/m0/s1. The van der Waals surface area contributed by atoms with Gasteiger partial charge in [0.2, 0.25) is 0 Å². The van der Waals surface area contributed by atoms with Crippen molar-refractivity contribution in [3.63, 3.8) is 0 Å². The molecule has 1 fully saturated rings. The van der Waals surface area contributed by atoms with Crippen LogP contribution < -0.4 is 0 Å². The number of carbonyl (C=O) groups excluding carboxylic acids is 4. The third kappa shape index (κ3) is 2.21. The number of methoxy groups -OCH3 is 2. The summed E-state index contributed by atoms with van der Waals surface area (Å²) >= 11 is 0. The number of cyclic esters (lactones) is 2. The van der Waals surface area contributed by atoms with Gasteiger partial charge in [0.25, 0.3) is 0 Å². The fraction of sp³-hybridized carbons (Fsp3) is 0.300.